The van der Waals surface area contributed by atoms with Crippen LogP contribution in [-0.4, -0.2) is 47.8 Å². The summed E-state index contributed by atoms with van der Waals surface area (Å²) in [6.45, 7) is -0.0412. The van der Waals surface area contributed by atoms with Gasteiger partial charge in [0.2, 0.25) is 10.0 Å². The number of para-hydroxylation sites is 2. The van der Waals surface area contributed by atoms with Crippen LogP contribution >= 0.6 is 0 Å². The number of fused-ring (bicyclic) bond motifs is 1. The summed E-state index contributed by atoms with van der Waals surface area (Å²) in [7, 11) is -3.67. The van der Waals surface area contributed by atoms with E-state index in [1.165, 1.54) is 28.6 Å². The van der Waals surface area contributed by atoms with Gasteiger partial charge in [0.05, 0.1) is 15.9 Å². The Bertz CT molecular complexity index is 1250. The highest BCUT2D eigenvalue weighted by atomic mass is 32.2. The van der Waals surface area contributed by atoms with E-state index < -0.39 is 28.4 Å². The van der Waals surface area contributed by atoms with Gasteiger partial charge in [-0.05, 0) is 43.2 Å². The van der Waals surface area contributed by atoms with E-state index in [0.29, 0.717) is 24.1 Å². The van der Waals surface area contributed by atoms with E-state index in [1.54, 1.807) is 31.2 Å². The highest BCUT2D eigenvalue weighted by Gasteiger charge is 2.27. The molecule has 33 heavy (non-hydrogen) atoms. The number of aromatic nitrogens is 2. The van der Waals surface area contributed by atoms with E-state index in [2.05, 4.69) is 10.3 Å². The van der Waals surface area contributed by atoms with E-state index in [-0.39, 0.29) is 22.8 Å². The third kappa shape index (κ3) is 4.77. The Hall–Kier alpha value is -2.85. The maximum atomic E-state index is 13.7. The fraction of sp³-hybridized carbons (Fsp3) is 0.391. The molecule has 1 aliphatic rings. The summed E-state index contributed by atoms with van der Waals surface area (Å²) in [6, 6.07) is 12.5. The number of benzene rings is 2. The monoisotopic (exact) mass is 476 g/mol. The van der Waals surface area contributed by atoms with Gasteiger partial charge >= 0.3 is 6.55 Å². The molecule has 2 heterocycles. The van der Waals surface area contributed by atoms with Crippen LogP contribution in [0.1, 0.15) is 54.8 Å². The zero-order valence-corrected chi connectivity index (χ0v) is 19.1. The number of rotatable bonds is 7. The first-order chi connectivity index (χ1) is 15.8. The molecule has 1 aliphatic heterocycles. The maximum absolute atomic E-state index is 13.7. The standard InChI is InChI=1S/C23H26F2N4O3S/c1-16(21-27-19-10-3-4-11-20(19)29(21)23(24)25)15-26-22(30)17-8-7-9-18(14-17)33(31,32)28-12-5-2-6-13-28/h3-4,7-11,14,16,23H,2,5-6,12-13,15H2,1H3,(H,26,30). The van der Waals surface area contributed by atoms with Crippen LogP contribution < -0.4 is 5.32 Å². The van der Waals surface area contributed by atoms with Crippen molar-refractivity contribution in [1.82, 2.24) is 19.2 Å². The summed E-state index contributed by atoms with van der Waals surface area (Å²) in [6.07, 6.45) is 2.65. The van der Waals surface area contributed by atoms with Gasteiger partial charge in [-0.2, -0.15) is 13.1 Å². The van der Waals surface area contributed by atoms with Gasteiger partial charge < -0.3 is 5.32 Å². The number of hydrogen-bond acceptors (Lipinski definition) is 4. The Balaban J connectivity index is 1.49. The van der Waals surface area contributed by atoms with Crippen LogP contribution in [0.25, 0.3) is 11.0 Å². The first kappa shape index (κ1) is 23.3. The van der Waals surface area contributed by atoms with Crippen LogP contribution in [0.5, 0.6) is 0 Å². The summed E-state index contributed by atoms with van der Waals surface area (Å²) >= 11 is 0. The number of alkyl halides is 2. The van der Waals surface area contributed by atoms with E-state index in [0.717, 1.165) is 23.8 Å². The minimum atomic E-state index is -3.67. The summed E-state index contributed by atoms with van der Waals surface area (Å²) < 4.78 is 55.5. The van der Waals surface area contributed by atoms with Crippen molar-refractivity contribution in [2.45, 2.75) is 43.5 Å². The second-order valence-electron chi connectivity index (χ2n) is 8.21. The Morgan fingerprint density at radius 1 is 1.09 bits per heavy atom. The molecule has 1 saturated heterocycles. The van der Waals surface area contributed by atoms with E-state index in [4.69, 9.17) is 0 Å². The molecule has 0 radical (unpaired) electrons. The molecule has 1 atom stereocenters. The van der Waals surface area contributed by atoms with Crippen molar-refractivity contribution in [1.29, 1.82) is 0 Å². The van der Waals surface area contributed by atoms with Gasteiger partial charge in [0.15, 0.2) is 0 Å². The van der Waals surface area contributed by atoms with Crippen LogP contribution in [0.4, 0.5) is 8.78 Å². The van der Waals surface area contributed by atoms with Gasteiger partial charge in [-0.1, -0.05) is 31.5 Å². The number of nitrogens with zero attached hydrogens (tertiary/aromatic N) is 3. The quantitative estimate of drug-likeness (QED) is 0.556. The lowest BCUT2D eigenvalue weighted by Crippen LogP contribution is -2.35. The van der Waals surface area contributed by atoms with Crippen molar-refractivity contribution in [3.05, 3.63) is 59.9 Å². The van der Waals surface area contributed by atoms with Crippen LogP contribution in [0.2, 0.25) is 0 Å². The van der Waals surface area contributed by atoms with Crippen LogP contribution in [0, 0.1) is 0 Å². The van der Waals surface area contributed by atoms with Gasteiger partial charge in [-0.3, -0.25) is 9.36 Å². The summed E-state index contributed by atoms with van der Waals surface area (Å²) in [5.41, 5.74) is 0.987. The molecule has 10 heteroatoms. The molecular weight excluding hydrogens is 450 g/mol. The molecule has 0 saturated carbocycles. The smallest absolute Gasteiger partial charge is 0.320 e. The van der Waals surface area contributed by atoms with Gasteiger partial charge in [-0.15, -0.1) is 0 Å². The summed E-state index contributed by atoms with van der Waals surface area (Å²) in [5.74, 6) is -0.791. The third-order valence-electron chi connectivity index (χ3n) is 5.88. The first-order valence-corrected chi connectivity index (χ1v) is 12.4. The molecule has 1 N–H and O–H groups in total. The third-order valence-corrected chi connectivity index (χ3v) is 7.77. The minimum Gasteiger partial charge on any atom is -0.351 e. The van der Waals surface area contributed by atoms with Crippen LogP contribution in [0.3, 0.4) is 0 Å². The predicted octanol–water partition coefficient (Wildman–Crippen LogP) is 4.14. The summed E-state index contributed by atoms with van der Waals surface area (Å²) in [4.78, 5) is 17.1. The lowest BCUT2D eigenvalue weighted by atomic mass is 10.1. The topological polar surface area (TPSA) is 84.3 Å². The molecule has 0 spiro atoms. The lowest BCUT2D eigenvalue weighted by molar-refractivity contribution is 0.0704. The zero-order chi connectivity index (χ0) is 23.6. The van der Waals surface area contributed by atoms with Gasteiger partial charge in [0, 0.05) is 31.1 Å². The number of carbonyl (C=O) groups is 1. The fourth-order valence-electron chi connectivity index (χ4n) is 4.11. The van der Waals surface area contributed by atoms with Crippen molar-refractivity contribution in [2.24, 2.45) is 0 Å². The number of sulfonamides is 1. The molecule has 7 nitrogen and oxygen atoms in total. The molecule has 1 unspecified atom stereocenters. The number of halogens is 2. The molecule has 3 aromatic rings. The van der Waals surface area contributed by atoms with Gasteiger partial charge in [0.25, 0.3) is 5.91 Å². The fourth-order valence-corrected chi connectivity index (χ4v) is 5.67. The lowest BCUT2D eigenvalue weighted by Gasteiger charge is -2.26. The second kappa shape index (κ2) is 9.56. The molecule has 1 aromatic heterocycles. The summed E-state index contributed by atoms with van der Waals surface area (Å²) in [5, 5.41) is 2.72. The molecule has 0 aliphatic carbocycles. The zero-order valence-electron chi connectivity index (χ0n) is 18.2. The van der Waals surface area contributed by atoms with Crippen molar-refractivity contribution in [3.63, 3.8) is 0 Å². The number of piperidine rings is 1. The Morgan fingerprint density at radius 3 is 2.55 bits per heavy atom. The first-order valence-electron chi connectivity index (χ1n) is 10.9. The second-order valence-corrected chi connectivity index (χ2v) is 10.1. The van der Waals surface area contributed by atoms with E-state index in [1.807, 2.05) is 0 Å². The molecule has 0 bridgehead atoms. The Labute approximate surface area is 191 Å². The molecule has 1 fully saturated rings. The van der Waals surface area contributed by atoms with Crippen molar-refractivity contribution < 1.29 is 22.0 Å². The minimum absolute atomic E-state index is 0.0674. The van der Waals surface area contributed by atoms with E-state index in [9.17, 15) is 22.0 Å². The number of nitrogens with one attached hydrogen (secondary N) is 1. The number of carbonyl (C=O) groups excluding carboxylic acids is 1. The number of amides is 1. The van der Waals surface area contributed by atoms with Gasteiger partial charge in [-0.25, -0.2) is 13.4 Å². The van der Waals surface area contributed by atoms with Crippen molar-refractivity contribution in [2.75, 3.05) is 19.6 Å². The molecule has 2 aromatic carbocycles. The highest BCUT2D eigenvalue weighted by molar-refractivity contribution is 7.89. The number of imidazole rings is 1. The number of hydrogen-bond donors (Lipinski definition) is 1. The maximum Gasteiger partial charge on any atom is 0.320 e. The Kier molecular flexibility index (Phi) is 6.76. The Morgan fingerprint density at radius 2 is 1.82 bits per heavy atom. The molecule has 1 amide bonds. The van der Waals surface area contributed by atoms with Crippen LogP contribution in [-0.2, 0) is 10.0 Å². The van der Waals surface area contributed by atoms with Gasteiger partial charge in [0.1, 0.15) is 5.82 Å². The van der Waals surface area contributed by atoms with Crippen molar-refractivity contribution >= 4 is 27.0 Å². The average Bonchev–Trinajstić information content (AvgIpc) is 3.23. The van der Waals surface area contributed by atoms with Crippen molar-refractivity contribution in [3.8, 4) is 0 Å². The molecule has 176 valence electrons. The predicted molar refractivity (Wildman–Crippen MR) is 121 cm³/mol. The highest BCUT2D eigenvalue weighted by Crippen LogP contribution is 2.27. The average molecular weight is 477 g/mol. The molecule has 4 rings (SSSR count). The SMILES string of the molecule is CC(CNC(=O)c1cccc(S(=O)(=O)N2CCCCC2)c1)c1nc2ccccc2n1C(F)F. The molecular formula is C23H26F2N4O3S. The normalized spacial score (nSPS) is 16.2. The van der Waals surface area contributed by atoms with E-state index >= 15 is 0 Å². The van der Waals surface area contributed by atoms with Crippen LogP contribution in [0.15, 0.2) is 53.4 Å². The largest absolute Gasteiger partial charge is 0.351 e.